The lowest BCUT2D eigenvalue weighted by atomic mass is 9.88. The molecule has 4 aromatic rings. The molecule has 2 saturated heterocycles. The molecule has 50 heavy (non-hydrogen) atoms. The van der Waals surface area contributed by atoms with Gasteiger partial charge >= 0.3 is 6.09 Å². The maximum absolute atomic E-state index is 12.0. The number of carbonyl (C=O) groups is 1. The van der Waals surface area contributed by atoms with Gasteiger partial charge in [0.25, 0.3) is 0 Å². The molecule has 0 saturated carbocycles. The average molecular weight is 708 g/mol. The summed E-state index contributed by atoms with van der Waals surface area (Å²) < 4.78 is 5.15. The highest BCUT2D eigenvalue weighted by Crippen LogP contribution is 2.40. The van der Waals surface area contributed by atoms with Crippen molar-refractivity contribution in [3.63, 3.8) is 0 Å². The van der Waals surface area contributed by atoms with Gasteiger partial charge in [-0.15, -0.1) is 0 Å². The lowest BCUT2D eigenvalue weighted by Gasteiger charge is -2.29. The number of benzene rings is 2. The first-order chi connectivity index (χ1) is 24.4. The van der Waals surface area contributed by atoms with Crippen molar-refractivity contribution in [3.8, 4) is 0 Å². The zero-order valence-electron chi connectivity index (χ0n) is 29.0. The molecule has 258 valence electrons. The number of aromatic nitrogens is 2. The van der Waals surface area contributed by atoms with Crippen LogP contribution in [0.15, 0.2) is 84.2 Å². The minimum Gasteiger partial charge on any atom is -0.450 e. The SMILES string of the molecule is CCOC(=O)N1CCC(=C2c3ccc(Cl)cc3CCc3cccnc32)CC1.CN1CCC(=C2c3ccc(Cl)cc3CCc3cccnc32)CC1. The van der Waals surface area contributed by atoms with E-state index in [0.717, 1.165) is 80.2 Å². The van der Waals surface area contributed by atoms with Gasteiger partial charge < -0.3 is 14.5 Å². The van der Waals surface area contributed by atoms with E-state index in [4.69, 9.17) is 37.9 Å². The number of likely N-dealkylation sites (tertiary alicyclic amines) is 2. The van der Waals surface area contributed by atoms with Gasteiger partial charge in [0.05, 0.1) is 18.0 Å². The normalized spacial score (nSPS) is 17.3. The Morgan fingerprint density at radius 3 is 1.60 bits per heavy atom. The summed E-state index contributed by atoms with van der Waals surface area (Å²) in [6, 6.07) is 21.0. The number of amides is 1. The zero-order valence-corrected chi connectivity index (χ0v) is 30.5. The molecule has 8 heteroatoms. The number of halogens is 2. The number of hydrogen-bond acceptors (Lipinski definition) is 5. The van der Waals surface area contributed by atoms with E-state index < -0.39 is 0 Å². The minimum atomic E-state index is -0.215. The van der Waals surface area contributed by atoms with Gasteiger partial charge in [0.15, 0.2) is 0 Å². The Morgan fingerprint density at radius 1 is 0.660 bits per heavy atom. The molecular weight excluding hydrogens is 663 g/mol. The summed E-state index contributed by atoms with van der Waals surface area (Å²) in [4.78, 5) is 25.8. The Labute approximate surface area is 305 Å². The predicted octanol–water partition coefficient (Wildman–Crippen LogP) is 9.25. The second kappa shape index (κ2) is 15.5. The predicted molar refractivity (Wildman–Crippen MR) is 203 cm³/mol. The number of aryl methyl sites for hydroxylation is 4. The lowest BCUT2D eigenvalue weighted by Crippen LogP contribution is -2.37. The van der Waals surface area contributed by atoms with E-state index in [1.165, 1.54) is 55.8 Å². The number of nitrogens with zero attached hydrogens (tertiary/aromatic N) is 4. The Bertz CT molecular complexity index is 1950. The number of carbonyl (C=O) groups excluding carboxylic acids is 1. The number of pyridine rings is 2. The number of hydrogen-bond donors (Lipinski definition) is 0. The van der Waals surface area contributed by atoms with Crippen molar-refractivity contribution < 1.29 is 9.53 Å². The molecule has 0 radical (unpaired) electrons. The molecule has 2 aliphatic carbocycles. The van der Waals surface area contributed by atoms with Crippen molar-refractivity contribution in [3.05, 3.63) is 139 Å². The van der Waals surface area contributed by atoms with E-state index in [-0.39, 0.29) is 6.09 Å². The molecule has 0 N–H and O–H groups in total. The molecular formula is C42H44Cl2N4O2. The number of rotatable bonds is 1. The van der Waals surface area contributed by atoms with Gasteiger partial charge in [-0.2, -0.15) is 0 Å². The third-order valence-corrected chi connectivity index (χ3v) is 10.9. The van der Waals surface area contributed by atoms with Gasteiger partial charge in [-0.3, -0.25) is 9.97 Å². The summed E-state index contributed by atoms with van der Waals surface area (Å²) in [5.74, 6) is 0. The van der Waals surface area contributed by atoms with Crippen molar-refractivity contribution in [2.24, 2.45) is 0 Å². The summed E-state index contributed by atoms with van der Waals surface area (Å²) in [5, 5.41) is 1.60. The molecule has 6 nitrogen and oxygen atoms in total. The molecule has 2 aliphatic heterocycles. The van der Waals surface area contributed by atoms with Gasteiger partial charge in [-0.05, 0) is 135 Å². The van der Waals surface area contributed by atoms with Gasteiger partial charge in [-0.25, -0.2) is 4.79 Å². The molecule has 1 amide bonds. The summed E-state index contributed by atoms with van der Waals surface area (Å²) in [6.45, 7) is 5.87. The van der Waals surface area contributed by atoms with Crippen LogP contribution in [0.4, 0.5) is 4.79 Å². The van der Waals surface area contributed by atoms with Crippen LogP contribution in [0.1, 0.15) is 77.4 Å². The lowest BCUT2D eigenvalue weighted by molar-refractivity contribution is 0.104. The maximum Gasteiger partial charge on any atom is 0.409 e. The van der Waals surface area contributed by atoms with Gasteiger partial charge in [-0.1, -0.05) is 58.6 Å². The van der Waals surface area contributed by atoms with Crippen LogP contribution in [0.5, 0.6) is 0 Å². The van der Waals surface area contributed by atoms with E-state index in [1.807, 2.05) is 37.5 Å². The minimum absolute atomic E-state index is 0.215. The molecule has 2 fully saturated rings. The molecule has 4 aliphatic rings. The van der Waals surface area contributed by atoms with Crippen LogP contribution in [0, 0.1) is 0 Å². The highest BCUT2D eigenvalue weighted by atomic mass is 35.5. The zero-order chi connectivity index (χ0) is 34.6. The summed E-state index contributed by atoms with van der Waals surface area (Å²) in [7, 11) is 2.20. The fourth-order valence-corrected chi connectivity index (χ4v) is 8.22. The number of fused-ring (bicyclic) bond motifs is 4. The maximum atomic E-state index is 12.0. The standard InChI is InChI=1S/C22H23ClN2O2.C20H21ClN2/c1-2-27-22(26)25-12-9-15(10-13-25)20-19-8-7-18(23)14-17(19)6-5-16-4-3-11-24-21(16)20;1-23-11-8-14(9-12-23)19-18-7-6-17(21)13-16(18)5-4-15-3-2-10-22-20(15)19/h3-4,7-8,11,14H,2,5-6,9-10,12-13H2,1H3;2-3,6-7,10,13H,4-5,8-9,11-12H2,1H3. The Kier molecular flexibility index (Phi) is 10.7. The van der Waals surface area contributed by atoms with Crippen molar-refractivity contribution in [1.29, 1.82) is 0 Å². The highest BCUT2D eigenvalue weighted by molar-refractivity contribution is 6.31. The van der Waals surface area contributed by atoms with Gasteiger partial charge in [0.1, 0.15) is 0 Å². The largest absolute Gasteiger partial charge is 0.450 e. The Balaban J connectivity index is 0.000000159. The first kappa shape index (κ1) is 34.5. The first-order valence-electron chi connectivity index (χ1n) is 17.9. The molecule has 2 aromatic carbocycles. The number of piperidine rings is 2. The van der Waals surface area contributed by atoms with Crippen molar-refractivity contribution in [2.45, 2.75) is 58.3 Å². The molecule has 0 bridgehead atoms. The fraction of sp³-hybridized carbons (Fsp3) is 0.357. The van der Waals surface area contributed by atoms with Crippen LogP contribution < -0.4 is 0 Å². The third kappa shape index (κ3) is 7.39. The smallest absolute Gasteiger partial charge is 0.409 e. The van der Waals surface area contributed by atoms with Crippen LogP contribution >= 0.6 is 23.2 Å². The first-order valence-corrected chi connectivity index (χ1v) is 18.7. The summed E-state index contributed by atoms with van der Waals surface area (Å²) in [5.41, 5.74) is 15.6. The number of ether oxygens (including phenoxy) is 1. The van der Waals surface area contributed by atoms with Crippen LogP contribution in [-0.2, 0) is 30.4 Å². The second-order valence-corrected chi connectivity index (χ2v) is 14.4. The Morgan fingerprint density at radius 2 is 1.12 bits per heavy atom. The Hall–Kier alpha value is -3.97. The quantitative estimate of drug-likeness (QED) is 0.198. The average Bonchev–Trinajstić information content (AvgIpc) is 3.40. The highest BCUT2D eigenvalue weighted by Gasteiger charge is 2.27. The topological polar surface area (TPSA) is 58.6 Å². The molecule has 0 unspecified atom stereocenters. The van der Waals surface area contributed by atoms with E-state index >= 15 is 0 Å². The monoisotopic (exact) mass is 706 g/mol. The van der Waals surface area contributed by atoms with Crippen molar-refractivity contribution in [1.82, 2.24) is 19.8 Å². The van der Waals surface area contributed by atoms with Gasteiger partial charge in [0.2, 0.25) is 0 Å². The second-order valence-electron chi connectivity index (χ2n) is 13.6. The summed E-state index contributed by atoms with van der Waals surface area (Å²) >= 11 is 12.5. The van der Waals surface area contributed by atoms with Crippen LogP contribution in [-0.4, -0.2) is 65.7 Å². The fourth-order valence-electron chi connectivity index (χ4n) is 7.83. The van der Waals surface area contributed by atoms with E-state index in [1.54, 1.807) is 10.5 Å². The molecule has 0 atom stereocenters. The molecule has 0 spiro atoms. The van der Waals surface area contributed by atoms with E-state index in [9.17, 15) is 4.79 Å². The van der Waals surface area contributed by atoms with Crippen LogP contribution in [0.3, 0.4) is 0 Å². The molecule has 2 aromatic heterocycles. The van der Waals surface area contributed by atoms with Crippen molar-refractivity contribution >= 4 is 40.4 Å². The summed E-state index contributed by atoms with van der Waals surface area (Å²) in [6.07, 6.45) is 11.5. The molecule has 8 rings (SSSR count). The van der Waals surface area contributed by atoms with Crippen LogP contribution in [0.2, 0.25) is 10.0 Å². The van der Waals surface area contributed by atoms with E-state index in [0.29, 0.717) is 19.7 Å². The van der Waals surface area contributed by atoms with E-state index in [2.05, 4.69) is 54.4 Å². The van der Waals surface area contributed by atoms with Crippen LogP contribution in [0.25, 0.3) is 11.1 Å². The third-order valence-electron chi connectivity index (χ3n) is 10.4. The van der Waals surface area contributed by atoms with Gasteiger partial charge in [0, 0.05) is 59.8 Å². The van der Waals surface area contributed by atoms with Crippen molar-refractivity contribution in [2.75, 3.05) is 39.8 Å². The molecule has 4 heterocycles.